The molecule has 5 rings (SSSR count). The fourth-order valence-electron chi connectivity index (χ4n) is 5.06. The number of nitrogens with one attached hydrogen (secondary N) is 2. The summed E-state index contributed by atoms with van der Waals surface area (Å²) in [6.07, 6.45) is 2.09. The Morgan fingerprint density at radius 3 is 2.56 bits per heavy atom. The highest BCUT2D eigenvalue weighted by atomic mass is 16.2. The number of nitrogens with zero attached hydrogens (tertiary/aromatic N) is 2. The first kappa shape index (κ1) is 20.2. The smallest absolute Gasteiger partial charge is 0.322 e. The molecule has 2 aromatic carbocycles. The van der Waals surface area contributed by atoms with Gasteiger partial charge in [0.05, 0.1) is 11.4 Å². The topological polar surface area (TPSA) is 98.8 Å². The van der Waals surface area contributed by atoms with Crippen LogP contribution in [-0.2, 0) is 26.3 Å². The molecule has 1 atom stereocenters. The van der Waals surface area contributed by atoms with Gasteiger partial charge >= 0.3 is 6.03 Å². The Labute approximate surface area is 185 Å². The quantitative estimate of drug-likeness (QED) is 0.713. The van der Waals surface area contributed by atoms with Crippen molar-refractivity contribution in [3.63, 3.8) is 0 Å². The number of carbonyl (C=O) groups is 4. The van der Waals surface area contributed by atoms with Crippen LogP contribution in [0.5, 0.6) is 0 Å². The molecule has 1 fully saturated rings. The number of para-hydroxylation sites is 2. The number of anilines is 2. The lowest BCUT2D eigenvalue weighted by Gasteiger charge is -2.42. The number of fused-ring (bicyclic) bond motifs is 3. The molecule has 2 N–H and O–H groups in total. The Hall–Kier alpha value is -3.68. The zero-order valence-electron chi connectivity index (χ0n) is 18.0. The van der Waals surface area contributed by atoms with Gasteiger partial charge in [-0.3, -0.25) is 24.2 Å². The summed E-state index contributed by atoms with van der Waals surface area (Å²) in [6, 6.07) is 14.0. The molecule has 2 aromatic rings. The molecule has 8 nitrogen and oxygen atoms in total. The molecular formula is C24H24N4O4. The summed E-state index contributed by atoms with van der Waals surface area (Å²) < 4.78 is 0. The van der Waals surface area contributed by atoms with Crippen LogP contribution in [0.4, 0.5) is 16.2 Å². The van der Waals surface area contributed by atoms with Crippen molar-refractivity contribution in [2.24, 2.45) is 0 Å². The molecular weight excluding hydrogens is 408 g/mol. The van der Waals surface area contributed by atoms with E-state index in [4.69, 9.17) is 0 Å². The summed E-state index contributed by atoms with van der Waals surface area (Å²) in [7, 11) is 0. The van der Waals surface area contributed by atoms with Gasteiger partial charge in [-0.05, 0) is 56.4 Å². The largest absolute Gasteiger partial charge is 0.325 e. The second-order valence-corrected chi connectivity index (χ2v) is 9.00. The molecule has 1 spiro atoms. The lowest BCUT2D eigenvalue weighted by Crippen LogP contribution is -2.60. The van der Waals surface area contributed by atoms with E-state index in [9.17, 15) is 19.2 Å². The fraction of sp³-hybridized carbons (Fsp3) is 0.333. The van der Waals surface area contributed by atoms with Crippen molar-refractivity contribution in [2.45, 2.75) is 44.2 Å². The van der Waals surface area contributed by atoms with Gasteiger partial charge in [0.2, 0.25) is 11.8 Å². The second-order valence-electron chi connectivity index (χ2n) is 9.00. The molecule has 0 bridgehead atoms. The maximum absolute atomic E-state index is 13.5. The van der Waals surface area contributed by atoms with Crippen LogP contribution in [0.2, 0.25) is 0 Å². The van der Waals surface area contributed by atoms with Crippen LogP contribution < -0.4 is 15.5 Å². The summed E-state index contributed by atoms with van der Waals surface area (Å²) in [5.41, 5.74) is 0.552. The minimum atomic E-state index is -1.18. The molecule has 1 aliphatic carbocycles. The Morgan fingerprint density at radius 2 is 1.75 bits per heavy atom. The summed E-state index contributed by atoms with van der Waals surface area (Å²) in [6.45, 7) is 2.83. The number of aryl methyl sites for hydroxylation is 1. The number of rotatable bonds is 2. The van der Waals surface area contributed by atoms with Gasteiger partial charge in [0.25, 0.3) is 5.91 Å². The summed E-state index contributed by atoms with van der Waals surface area (Å²) in [5, 5.41) is 5.68. The maximum atomic E-state index is 13.5. The standard InChI is InChI=1S/C24H24N4O4/c1-23(2)20(30)25-17-11-5-6-12-18(17)28(23)19(29)14-27-21(31)24(26-22(27)32)13-7-9-15-8-3-4-10-16(15)24/h3-6,8,10-12H,7,9,13-14H2,1-2H3,(H,25,30)(H,26,32). The summed E-state index contributed by atoms with van der Waals surface area (Å²) in [4.78, 5) is 54.9. The molecule has 1 unspecified atom stereocenters. The highest BCUT2D eigenvalue weighted by Crippen LogP contribution is 2.41. The van der Waals surface area contributed by atoms with Crippen LogP contribution in [-0.4, -0.2) is 40.7 Å². The van der Waals surface area contributed by atoms with E-state index < -0.39 is 35.5 Å². The zero-order valence-corrected chi connectivity index (χ0v) is 18.0. The van der Waals surface area contributed by atoms with E-state index >= 15 is 0 Å². The number of carbonyl (C=O) groups excluding carboxylic acids is 4. The van der Waals surface area contributed by atoms with Crippen molar-refractivity contribution in [3.05, 3.63) is 59.7 Å². The molecule has 164 valence electrons. The van der Waals surface area contributed by atoms with Crippen molar-refractivity contribution in [3.8, 4) is 0 Å². The van der Waals surface area contributed by atoms with Crippen LogP contribution in [0.3, 0.4) is 0 Å². The van der Waals surface area contributed by atoms with E-state index in [0.717, 1.165) is 28.9 Å². The number of benzene rings is 2. The maximum Gasteiger partial charge on any atom is 0.325 e. The molecule has 3 aliphatic rings. The summed E-state index contributed by atoms with van der Waals surface area (Å²) in [5.74, 6) is -1.25. The van der Waals surface area contributed by atoms with Gasteiger partial charge in [-0.1, -0.05) is 36.4 Å². The number of amides is 5. The lowest BCUT2D eigenvalue weighted by atomic mass is 9.76. The van der Waals surface area contributed by atoms with Crippen molar-refractivity contribution >= 4 is 35.1 Å². The van der Waals surface area contributed by atoms with E-state index in [2.05, 4.69) is 10.6 Å². The van der Waals surface area contributed by atoms with Crippen molar-refractivity contribution in [1.82, 2.24) is 10.2 Å². The van der Waals surface area contributed by atoms with Gasteiger partial charge in [0, 0.05) is 0 Å². The molecule has 0 aromatic heterocycles. The molecule has 32 heavy (non-hydrogen) atoms. The normalized spacial score (nSPS) is 23.5. The molecule has 5 amide bonds. The van der Waals surface area contributed by atoms with Gasteiger partial charge in [-0.15, -0.1) is 0 Å². The lowest BCUT2D eigenvalue weighted by molar-refractivity contribution is -0.135. The van der Waals surface area contributed by atoms with E-state index in [0.29, 0.717) is 17.8 Å². The minimum Gasteiger partial charge on any atom is -0.322 e. The number of hydrogen-bond donors (Lipinski definition) is 2. The monoisotopic (exact) mass is 432 g/mol. The predicted molar refractivity (Wildman–Crippen MR) is 118 cm³/mol. The van der Waals surface area contributed by atoms with Crippen LogP contribution in [0.25, 0.3) is 0 Å². The van der Waals surface area contributed by atoms with Gasteiger partial charge in [-0.2, -0.15) is 0 Å². The first-order valence-electron chi connectivity index (χ1n) is 10.7. The molecule has 2 aliphatic heterocycles. The highest BCUT2D eigenvalue weighted by Gasteiger charge is 2.55. The molecule has 2 heterocycles. The van der Waals surface area contributed by atoms with Crippen LogP contribution in [0.1, 0.15) is 37.8 Å². The van der Waals surface area contributed by atoms with Crippen LogP contribution >= 0.6 is 0 Å². The van der Waals surface area contributed by atoms with Crippen molar-refractivity contribution < 1.29 is 19.2 Å². The van der Waals surface area contributed by atoms with Gasteiger partial charge in [0.15, 0.2) is 0 Å². The zero-order chi connectivity index (χ0) is 22.7. The van der Waals surface area contributed by atoms with Gasteiger partial charge < -0.3 is 10.6 Å². The minimum absolute atomic E-state index is 0.334. The highest BCUT2D eigenvalue weighted by molar-refractivity contribution is 6.16. The van der Waals surface area contributed by atoms with Crippen molar-refractivity contribution in [1.29, 1.82) is 0 Å². The Balaban J connectivity index is 1.48. The SMILES string of the molecule is CC1(C)C(=O)Nc2ccccc2N1C(=O)CN1C(=O)NC2(CCCc3ccccc32)C1=O. The van der Waals surface area contributed by atoms with E-state index in [1.165, 1.54) is 4.90 Å². The Morgan fingerprint density at radius 1 is 1.03 bits per heavy atom. The molecule has 1 saturated heterocycles. The molecule has 0 saturated carbocycles. The average Bonchev–Trinajstić information content (AvgIpc) is 2.99. The summed E-state index contributed by atoms with van der Waals surface area (Å²) >= 11 is 0. The molecule has 8 heteroatoms. The Kier molecular flexibility index (Phi) is 4.37. The number of urea groups is 1. The second kappa shape index (κ2) is 6.91. The third-order valence-corrected chi connectivity index (χ3v) is 6.70. The first-order valence-corrected chi connectivity index (χ1v) is 10.7. The predicted octanol–water partition coefficient (Wildman–Crippen LogP) is 2.53. The third-order valence-electron chi connectivity index (χ3n) is 6.70. The molecule has 0 radical (unpaired) electrons. The van der Waals surface area contributed by atoms with E-state index in [1.807, 2.05) is 24.3 Å². The van der Waals surface area contributed by atoms with Gasteiger partial charge in [0.1, 0.15) is 17.6 Å². The van der Waals surface area contributed by atoms with E-state index in [1.54, 1.807) is 38.1 Å². The van der Waals surface area contributed by atoms with Crippen LogP contribution in [0, 0.1) is 0 Å². The average molecular weight is 432 g/mol. The van der Waals surface area contributed by atoms with Crippen molar-refractivity contribution in [2.75, 3.05) is 16.8 Å². The number of imide groups is 1. The third kappa shape index (κ3) is 2.75. The fourth-order valence-corrected chi connectivity index (χ4v) is 5.06. The van der Waals surface area contributed by atoms with E-state index in [-0.39, 0.29) is 5.91 Å². The van der Waals surface area contributed by atoms with Gasteiger partial charge in [-0.25, -0.2) is 4.79 Å². The number of hydrogen-bond acceptors (Lipinski definition) is 4. The van der Waals surface area contributed by atoms with Crippen LogP contribution in [0.15, 0.2) is 48.5 Å². The Bertz CT molecular complexity index is 1170. The first-order chi connectivity index (χ1) is 15.3.